The maximum Gasteiger partial charge on any atom is 0.268 e. The minimum Gasteiger partial charge on any atom is -0.392 e. The molecule has 1 aromatic heterocycles. The van der Waals surface area contributed by atoms with Crippen LogP contribution in [-0.2, 0) is 0 Å². The van der Waals surface area contributed by atoms with Crippen molar-refractivity contribution in [1.29, 1.82) is 0 Å². The molecule has 1 heterocycles. The number of rotatable bonds is 3. The van der Waals surface area contributed by atoms with Gasteiger partial charge in [-0.3, -0.25) is 4.79 Å². The topological polar surface area (TPSA) is 54.3 Å². The van der Waals surface area contributed by atoms with Crippen molar-refractivity contribution in [2.75, 3.05) is 0 Å². The summed E-state index contributed by atoms with van der Waals surface area (Å²) in [6, 6.07) is 4.03. The van der Waals surface area contributed by atoms with E-state index in [-0.39, 0.29) is 29.5 Å². The molecule has 1 aliphatic rings. The third-order valence-electron chi connectivity index (χ3n) is 4.09. The molecule has 2 unspecified atom stereocenters. The second-order valence-corrected chi connectivity index (χ2v) is 5.99. The first-order valence-corrected chi connectivity index (χ1v) is 6.49. The number of carbonyl (C=O) groups is 1. The summed E-state index contributed by atoms with van der Waals surface area (Å²) in [6.45, 7) is 8.06. The van der Waals surface area contributed by atoms with Gasteiger partial charge in [0.25, 0.3) is 5.91 Å². The van der Waals surface area contributed by atoms with Crippen molar-refractivity contribution < 1.29 is 9.90 Å². The number of nitrogens with one attached hydrogen (secondary N) is 1. The molecule has 0 bridgehead atoms. The normalized spacial score (nSPS) is 25.9. The smallest absolute Gasteiger partial charge is 0.268 e. The highest BCUT2D eigenvalue weighted by atomic mass is 16.3. The summed E-state index contributed by atoms with van der Waals surface area (Å²) >= 11 is 0. The molecule has 2 rings (SSSR count). The van der Waals surface area contributed by atoms with E-state index in [0.29, 0.717) is 12.1 Å². The first kappa shape index (κ1) is 13.1. The van der Waals surface area contributed by atoms with Gasteiger partial charge in [0.15, 0.2) is 0 Å². The third kappa shape index (κ3) is 2.05. The van der Waals surface area contributed by atoms with Gasteiger partial charge >= 0.3 is 0 Å². The summed E-state index contributed by atoms with van der Waals surface area (Å²) < 4.78 is 1.96. The molecule has 18 heavy (non-hydrogen) atoms. The van der Waals surface area contributed by atoms with Crippen molar-refractivity contribution in [3.05, 3.63) is 24.0 Å². The van der Waals surface area contributed by atoms with Crippen LogP contribution in [0.1, 0.15) is 50.6 Å². The van der Waals surface area contributed by atoms with Crippen LogP contribution in [0.4, 0.5) is 0 Å². The second kappa shape index (κ2) is 4.43. The van der Waals surface area contributed by atoms with Crippen LogP contribution in [0.25, 0.3) is 0 Å². The Morgan fingerprint density at radius 3 is 2.72 bits per heavy atom. The van der Waals surface area contributed by atoms with Gasteiger partial charge in [-0.05, 0) is 32.4 Å². The predicted octanol–water partition coefficient (Wildman–Crippen LogP) is 1.96. The van der Waals surface area contributed by atoms with Gasteiger partial charge in [-0.15, -0.1) is 0 Å². The zero-order valence-electron chi connectivity index (χ0n) is 11.5. The number of hydrogen-bond donors (Lipinski definition) is 2. The Morgan fingerprint density at radius 2 is 2.22 bits per heavy atom. The van der Waals surface area contributed by atoms with Gasteiger partial charge < -0.3 is 15.0 Å². The van der Waals surface area contributed by atoms with Crippen LogP contribution in [-0.4, -0.2) is 27.7 Å². The van der Waals surface area contributed by atoms with Crippen molar-refractivity contribution in [1.82, 2.24) is 9.88 Å². The Labute approximate surface area is 108 Å². The Morgan fingerprint density at radius 1 is 1.56 bits per heavy atom. The molecule has 0 aliphatic heterocycles. The molecular formula is C14H22N2O2. The highest BCUT2D eigenvalue weighted by Crippen LogP contribution is 2.40. The van der Waals surface area contributed by atoms with Gasteiger partial charge in [0, 0.05) is 23.7 Å². The monoisotopic (exact) mass is 250 g/mol. The Bertz CT molecular complexity index is 448. The van der Waals surface area contributed by atoms with E-state index in [1.165, 1.54) is 0 Å². The van der Waals surface area contributed by atoms with Crippen LogP contribution in [0.3, 0.4) is 0 Å². The van der Waals surface area contributed by atoms with Gasteiger partial charge in [-0.25, -0.2) is 0 Å². The zero-order chi connectivity index (χ0) is 13.5. The summed E-state index contributed by atoms with van der Waals surface area (Å²) in [5, 5.41) is 12.7. The summed E-state index contributed by atoms with van der Waals surface area (Å²) in [4.78, 5) is 12.2. The van der Waals surface area contributed by atoms with E-state index in [1.807, 2.05) is 50.6 Å². The second-order valence-electron chi connectivity index (χ2n) is 5.99. The lowest BCUT2D eigenvalue weighted by Crippen LogP contribution is -2.61. The fourth-order valence-electron chi connectivity index (χ4n) is 2.42. The standard InChI is InChI=1S/C14H22N2O2/c1-9(2)16-7-5-6-10(16)13(18)15-11-8-12(17)14(11,3)4/h5-7,9,11-12,17H,8H2,1-4H3,(H,15,18). The maximum absolute atomic E-state index is 12.2. The molecule has 0 aromatic carbocycles. The highest BCUT2D eigenvalue weighted by molar-refractivity contribution is 5.93. The quantitative estimate of drug-likeness (QED) is 0.861. The summed E-state index contributed by atoms with van der Waals surface area (Å²) in [5.41, 5.74) is 0.451. The van der Waals surface area contributed by atoms with E-state index < -0.39 is 0 Å². The zero-order valence-corrected chi connectivity index (χ0v) is 11.5. The largest absolute Gasteiger partial charge is 0.392 e. The molecule has 2 atom stereocenters. The van der Waals surface area contributed by atoms with Crippen molar-refractivity contribution in [3.8, 4) is 0 Å². The number of amides is 1. The van der Waals surface area contributed by atoms with Crippen molar-refractivity contribution in [2.24, 2.45) is 5.41 Å². The number of carbonyl (C=O) groups excluding carboxylic acids is 1. The molecule has 1 aromatic rings. The number of aliphatic hydroxyl groups excluding tert-OH is 1. The highest BCUT2D eigenvalue weighted by Gasteiger charge is 2.48. The van der Waals surface area contributed by atoms with Crippen LogP contribution in [0.15, 0.2) is 18.3 Å². The first-order valence-electron chi connectivity index (χ1n) is 6.49. The van der Waals surface area contributed by atoms with Gasteiger partial charge in [0.2, 0.25) is 0 Å². The van der Waals surface area contributed by atoms with Gasteiger partial charge in [-0.2, -0.15) is 0 Å². The minimum atomic E-state index is -0.320. The van der Waals surface area contributed by atoms with Crippen molar-refractivity contribution >= 4 is 5.91 Å². The van der Waals surface area contributed by atoms with Gasteiger partial charge in [-0.1, -0.05) is 13.8 Å². The van der Waals surface area contributed by atoms with E-state index in [4.69, 9.17) is 0 Å². The van der Waals surface area contributed by atoms with E-state index in [0.717, 1.165) is 0 Å². The Balaban J connectivity index is 2.07. The molecular weight excluding hydrogens is 228 g/mol. The first-order chi connectivity index (χ1) is 8.34. The van der Waals surface area contributed by atoms with Crippen LogP contribution in [0.5, 0.6) is 0 Å². The Hall–Kier alpha value is -1.29. The van der Waals surface area contributed by atoms with Gasteiger partial charge in [0.05, 0.1) is 6.10 Å². The average molecular weight is 250 g/mol. The minimum absolute atomic E-state index is 0.0514. The lowest BCUT2D eigenvalue weighted by molar-refractivity contribution is -0.0690. The lowest BCUT2D eigenvalue weighted by atomic mass is 9.64. The molecule has 4 heteroatoms. The molecule has 1 amide bonds. The van der Waals surface area contributed by atoms with Crippen LogP contribution >= 0.6 is 0 Å². The number of hydrogen-bond acceptors (Lipinski definition) is 2. The van der Waals surface area contributed by atoms with E-state index >= 15 is 0 Å². The van der Waals surface area contributed by atoms with Crippen LogP contribution < -0.4 is 5.32 Å². The van der Waals surface area contributed by atoms with E-state index in [9.17, 15) is 9.90 Å². The molecule has 1 fully saturated rings. The number of aliphatic hydroxyl groups is 1. The fourth-order valence-corrected chi connectivity index (χ4v) is 2.42. The molecule has 2 N–H and O–H groups in total. The maximum atomic E-state index is 12.2. The molecule has 4 nitrogen and oxygen atoms in total. The lowest BCUT2D eigenvalue weighted by Gasteiger charge is -2.49. The SMILES string of the molecule is CC(C)n1cccc1C(=O)NC1CC(O)C1(C)C. The number of aromatic nitrogens is 1. The molecule has 0 saturated heterocycles. The fraction of sp³-hybridized carbons (Fsp3) is 0.643. The number of nitrogens with zero attached hydrogens (tertiary/aromatic N) is 1. The molecule has 1 saturated carbocycles. The molecule has 0 spiro atoms. The summed E-state index contributed by atoms with van der Waals surface area (Å²) in [5.74, 6) is -0.0568. The van der Waals surface area contributed by atoms with Gasteiger partial charge in [0.1, 0.15) is 5.69 Å². The van der Waals surface area contributed by atoms with Crippen LogP contribution in [0, 0.1) is 5.41 Å². The summed E-state index contributed by atoms with van der Waals surface area (Å²) in [7, 11) is 0. The molecule has 100 valence electrons. The molecule has 1 aliphatic carbocycles. The van der Waals surface area contributed by atoms with Crippen molar-refractivity contribution in [2.45, 2.75) is 52.3 Å². The molecule has 0 radical (unpaired) electrons. The summed E-state index contributed by atoms with van der Waals surface area (Å²) in [6.07, 6.45) is 2.24. The van der Waals surface area contributed by atoms with E-state index in [2.05, 4.69) is 5.32 Å². The predicted molar refractivity (Wildman–Crippen MR) is 70.5 cm³/mol. The third-order valence-corrected chi connectivity index (χ3v) is 4.09. The van der Waals surface area contributed by atoms with Crippen molar-refractivity contribution in [3.63, 3.8) is 0 Å². The Kier molecular flexibility index (Phi) is 3.23. The van der Waals surface area contributed by atoms with E-state index in [1.54, 1.807) is 0 Å². The van der Waals surface area contributed by atoms with Crippen LogP contribution in [0.2, 0.25) is 0 Å². The average Bonchev–Trinajstić information content (AvgIpc) is 2.77.